The minimum absolute atomic E-state index is 0.289. The number of aromatic nitrogens is 2. The molecule has 0 saturated heterocycles. The van der Waals surface area contributed by atoms with Gasteiger partial charge in [-0.3, -0.25) is 9.78 Å². The van der Waals surface area contributed by atoms with E-state index >= 15 is 0 Å². The first kappa shape index (κ1) is 17.6. The van der Waals surface area contributed by atoms with E-state index in [0.29, 0.717) is 12.2 Å². The fraction of sp³-hybridized carbons (Fsp3) is 0.0455. The summed E-state index contributed by atoms with van der Waals surface area (Å²) in [4.78, 5) is 20.9. The van der Waals surface area contributed by atoms with Gasteiger partial charge in [-0.1, -0.05) is 30.3 Å². The Morgan fingerprint density at radius 2 is 1.75 bits per heavy atom. The number of carbonyl (C=O) groups is 1. The highest BCUT2D eigenvalue weighted by Crippen LogP contribution is 2.24. The first-order valence-corrected chi connectivity index (χ1v) is 8.78. The summed E-state index contributed by atoms with van der Waals surface area (Å²) in [7, 11) is 0. The van der Waals surface area contributed by atoms with E-state index in [2.05, 4.69) is 20.6 Å². The summed E-state index contributed by atoms with van der Waals surface area (Å²) in [6.45, 7) is 0.308. The van der Waals surface area contributed by atoms with Crippen LogP contribution < -0.4 is 10.6 Å². The number of pyridine rings is 2. The molecule has 0 unspecified atom stereocenters. The van der Waals surface area contributed by atoms with Crippen LogP contribution in [0.2, 0.25) is 0 Å². The maximum absolute atomic E-state index is 12.9. The molecular formula is C22H17FN4O. The molecule has 0 atom stereocenters. The van der Waals surface area contributed by atoms with E-state index in [-0.39, 0.29) is 11.7 Å². The van der Waals surface area contributed by atoms with E-state index in [1.807, 2.05) is 30.3 Å². The third-order valence-corrected chi connectivity index (χ3v) is 4.27. The zero-order valence-electron chi connectivity index (χ0n) is 14.9. The van der Waals surface area contributed by atoms with E-state index in [0.717, 1.165) is 27.8 Å². The van der Waals surface area contributed by atoms with Crippen molar-refractivity contribution in [3.05, 3.63) is 96.2 Å². The van der Waals surface area contributed by atoms with Crippen LogP contribution in [0.4, 0.5) is 15.8 Å². The van der Waals surface area contributed by atoms with Gasteiger partial charge in [0.25, 0.3) is 5.91 Å². The molecule has 2 N–H and O–H groups in total. The van der Waals surface area contributed by atoms with Gasteiger partial charge in [0.05, 0.1) is 23.1 Å². The number of hydrogen-bond acceptors (Lipinski definition) is 4. The molecule has 1 amide bonds. The highest BCUT2D eigenvalue weighted by molar-refractivity contribution is 5.93. The summed E-state index contributed by atoms with van der Waals surface area (Å²) >= 11 is 0. The predicted molar refractivity (Wildman–Crippen MR) is 107 cm³/mol. The minimum Gasteiger partial charge on any atom is -0.352 e. The van der Waals surface area contributed by atoms with Crippen LogP contribution in [0.15, 0.2) is 79.1 Å². The molecular weight excluding hydrogens is 355 g/mol. The van der Waals surface area contributed by atoms with Crippen molar-refractivity contribution in [2.24, 2.45) is 0 Å². The highest BCUT2D eigenvalue weighted by atomic mass is 19.1. The zero-order chi connectivity index (χ0) is 19.3. The van der Waals surface area contributed by atoms with Crippen LogP contribution in [-0.2, 0) is 6.54 Å². The number of rotatable bonds is 5. The van der Waals surface area contributed by atoms with Crippen molar-refractivity contribution in [2.75, 3.05) is 5.32 Å². The van der Waals surface area contributed by atoms with E-state index < -0.39 is 0 Å². The van der Waals surface area contributed by atoms with E-state index in [1.54, 1.807) is 36.7 Å². The maximum Gasteiger partial charge on any atom is 0.270 e. The molecule has 4 rings (SSSR count). The van der Waals surface area contributed by atoms with Gasteiger partial charge < -0.3 is 10.6 Å². The van der Waals surface area contributed by atoms with Crippen LogP contribution in [0.1, 0.15) is 16.1 Å². The first-order chi connectivity index (χ1) is 13.7. The third kappa shape index (κ3) is 3.96. The monoisotopic (exact) mass is 372 g/mol. The number of nitrogens with zero attached hydrogens (tertiary/aromatic N) is 2. The van der Waals surface area contributed by atoms with Crippen molar-refractivity contribution >= 4 is 28.2 Å². The Morgan fingerprint density at radius 1 is 0.929 bits per heavy atom. The van der Waals surface area contributed by atoms with Crippen LogP contribution in [0.3, 0.4) is 0 Å². The number of benzene rings is 2. The number of carbonyl (C=O) groups excluding carboxylic acids is 1. The normalized spacial score (nSPS) is 10.6. The van der Waals surface area contributed by atoms with Crippen LogP contribution in [0.5, 0.6) is 0 Å². The molecule has 2 heterocycles. The first-order valence-electron chi connectivity index (χ1n) is 8.78. The molecule has 28 heavy (non-hydrogen) atoms. The van der Waals surface area contributed by atoms with Gasteiger partial charge >= 0.3 is 0 Å². The highest BCUT2D eigenvalue weighted by Gasteiger charge is 2.08. The van der Waals surface area contributed by atoms with Crippen molar-refractivity contribution < 1.29 is 9.18 Å². The van der Waals surface area contributed by atoms with Crippen LogP contribution in [-0.4, -0.2) is 15.9 Å². The predicted octanol–water partition coefficient (Wildman–Crippen LogP) is 4.44. The molecule has 0 bridgehead atoms. The van der Waals surface area contributed by atoms with Crippen LogP contribution in [0, 0.1) is 5.82 Å². The molecule has 0 radical (unpaired) electrons. The summed E-state index contributed by atoms with van der Waals surface area (Å²) in [5.41, 5.74) is 3.62. The molecule has 6 heteroatoms. The lowest BCUT2D eigenvalue weighted by molar-refractivity contribution is 0.0946. The van der Waals surface area contributed by atoms with Crippen LogP contribution >= 0.6 is 0 Å². The van der Waals surface area contributed by atoms with Crippen LogP contribution in [0.25, 0.3) is 10.9 Å². The minimum atomic E-state index is -0.304. The fourth-order valence-corrected chi connectivity index (χ4v) is 2.84. The lowest BCUT2D eigenvalue weighted by atomic mass is 10.2. The Balaban J connectivity index is 1.43. The Labute approximate surface area is 161 Å². The van der Waals surface area contributed by atoms with Gasteiger partial charge in [-0.2, -0.15) is 0 Å². The van der Waals surface area contributed by atoms with Crippen molar-refractivity contribution in [2.45, 2.75) is 6.54 Å². The van der Waals surface area contributed by atoms with Crippen molar-refractivity contribution in [3.8, 4) is 0 Å². The van der Waals surface area contributed by atoms with Gasteiger partial charge in [-0.05, 0) is 42.0 Å². The number of para-hydroxylation sites is 1. The van der Waals surface area contributed by atoms with Crippen molar-refractivity contribution in [3.63, 3.8) is 0 Å². The zero-order valence-corrected chi connectivity index (χ0v) is 14.9. The molecule has 0 aliphatic carbocycles. The number of halogens is 1. The van der Waals surface area contributed by atoms with Gasteiger partial charge in [0, 0.05) is 18.1 Å². The fourth-order valence-electron chi connectivity index (χ4n) is 2.84. The molecule has 138 valence electrons. The van der Waals surface area contributed by atoms with Gasteiger partial charge in [-0.25, -0.2) is 9.37 Å². The molecule has 0 saturated carbocycles. The number of anilines is 2. The molecule has 5 nitrogen and oxygen atoms in total. The summed E-state index contributed by atoms with van der Waals surface area (Å²) in [5.74, 6) is -0.594. The van der Waals surface area contributed by atoms with Crippen molar-refractivity contribution in [1.29, 1.82) is 0 Å². The molecule has 4 aromatic rings. The second-order valence-electron chi connectivity index (χ2n) is 6.25. The number of amides is 1. The maximum atomic E-state index is 12.9. The Morgan fingerprint density at radius 3 is 2.54 bits per heavy atom. The average molecular weight is 372 g/mol. The second-order valence-corrected chi connectivity index (χ2v) is 6.25. The number of nitrogens with one attached hydrogen (secondary N) is 2. The quantitative estimate of drug-likeness (QED) is 0.543. The summed E-state index contributed by atoms with van der Waals surface area (Å²) in [5, 5.41) is 7.10. The number of fused-ring (bicyclic) bond motifs is 1. The summed E-state index contributed by atoms with van der Waals surface area (Å²) in [6, 6.07) is 19.2. The third-order valence-electron chi connectivity index (χ3n) is 4.27. The second kappa shape index (κ2) is 7.84. The largest absolute Gasteiger partial charge is 0.352 e. The van der Waals surface area contributed by atoms with Crippen molar-refractivity contribution in [1.82, 2.24) is 15.3 Å². The molecule has 0 aliphatic heterocycles. The standard InChI is InChI=1S/C22H17FN4O/c23-17-8-6-15(7-9-17)13-26-22(28)20-11-10-18(14-25-20)27-19-5-1-3-16-4-2-12-24-21(16)19/h1-12,14,27H,13H2,(H,26,28). The molecule has 2 aromatic heterocycles. The topological polar surface area (TPSA) is 66.9 Å². The van der Waals surface area contributed by atoms with Gasteiger partial charge in [-0.15, -0.1) is 0 Å². The lowest BCUT2D eigenvalue weighted by Crippen LogP contribution is -2.23. The van der Waals surface area contributed by atoms with E-state index in [4.69, 9.17) is 0 Å². The summed E-state index contributed by atoms with van der Waals surface area (Å²) in [6.07, 6.45) is 3.36. The molecule has 2 aromatic carbocycles. The van der Waals surface area contributed by atoms with E-state index in [1.165, 1.54) is 12.1 Å². The van der Waals surface area contributed by atoms with E-state index in [9.17, 15) is 9.18 Å². The SMILES string of the molecule is O=C(NCc1ccc(F)cc1)c1ccc(Nc2cccc3cccnc23)cn1. The smallest absolute Gasteiger partial charge is 0.270 e. The number of hydrogen-bond donors (Lipinski definition) is 2. The Kier molecular flexibility index (Phi) is 4.93. The lowest BCUT2D eigenvalue weighted by Gasteiger charge is -2.09. The average Bonchev–Trinajstić information content (AvgIpc) is 2.74. The van der Waals surface area contributed by atoms with Gasteiger partial charge in [0.1, 0.15) is 11.5 Å². The molecule has 0 fully saturated rings. The molecule has 0 spiro atoms. The summed E-state index contributed by atoms with van der Waals surface area (Å²) < 4.78 is 12.9. The van der Waals surface area contributed by atoms with Gasteiger partial charge in [0.2, 0.25) is 0 Å². The molecule has 0 aliphatic rings. The Bertz CT molecular complexity index is 1110. The Hall–Kier alpha value is -3.80. The van der Waals surface area contributed by atoms with Gasteiger partial charge in [0.15, 0.2) is 0 Å².